The highest BCUT2D eigenvalue weighted by atomic mass is 32.1. The summed E-state index contributed by atoms with van der Waals surface area (Å²) in [6, 6.07) is 0. The SMILES string of the molecule is Cc1nc(NC(=O)c2cocn2)sc1C. The van der Waals surface area contributed by atoms with E-state index in [9.17, 15) is 4.79 Å². The van der Waals surface area contributed by atoms with Crippen LogP contribution in [-0.2, 0) is 0 Å². The van der Waals surface area contributed by atoms with Gasteiger partial charge >= 0.3 is 0 Å². The van der Waals surface area contributed by atoms with Gasteiger partial charge in [-0.2, -0.15) is 0 Å². The second-order valence-corrected chi connectivity index (χ2v) is 4.19. The predicted octanol–water partition coefficient (Wildman–Crippen LogP) is 2.00. The van der Waals surface area contributed by atoms with Gasteiger partial charge in [0.25, 0.3) is 5.91 Å². The first-order valence-electron chi connectivity index (χ1n) is 4.30. The topological polar surface area (TPSA) is 68.0 Å². The van der Waals surface area contributed by atoms with Crippen molar-refractivity contribution in [1.29, 1.82) is 0 Å². The summed E-state index contributed by atoms with van der Waals surface area (Å²) in [6.45, 7) is 3.86. The smallest absolute Gasteiger partial charge is 0.279 e. The highest BCUT2D eigenvalue weighted by molar-refractivity contribution is 7.15. The molecule has 1 amide bonds. The number of nitrogens with zero attached hydrogens (tertiary/aromatic N) is 2. The first kappa shape index (κ1) is 9.85. The minimum atomic E-state index is -0.308. The Balaban J connectivity index is 2.13. The van der Waals surface area contributed by atoms with Gasteiger partial charge in [0.05, 0.1) is 5.69 Å². The number of carbonyl (C=O) groups excluding carboxylic acids is 1. The van der Waals surface area contributed by atoms with E-state index >= 15 is 0 Å². The van der Waals surface area contributed by atoms with E-state index in [1.54, 1.807) is 0 Å². The number of carbonyl (C=O) groups is 1. The average Bonchev–Trinajstić information content (AvgIpc) is 2.77. The molecule has 0 saturated carbocycles. The van der Waals surface area contributed by atoms with Crippen molar-refractivity contribution < 1.29 is 9.21 Å². The number of hydrogen-bond donors (Lipinski definition) is 1. The standard InChI is InChI=1S/C9H9N3O2S/c1-5-6(2)15-9(11-5)12-8(13)7-3-14-4-10-7/h3-4H,1-2H3,(H,11,12,13). The number of oxazole rings is 1. The molecule has 78 valence electrons. The number of amides is 1. The third-order valence-electron chi connectivity index (χ3n) is 1.91. The van der Waals surface area contributed by atoms with E-state index in [-0.39, 0.29) is 11.6 Å². The van der Waals surface area contributed by atoms with E-state index in [1.165, 1.54) is 24.0 Å². The van der Waals surface area contributed by atoms with Crippen LogP contribution in [-0.4, -0.2) is 15.9 Å². The molecule has 0 unspecified atom stereocenters. The second-order valence-electron chi connectivity index (χ2n) is 2.99. The summed E-state index contributed by atoms with van der Waals surface area (Å²) in [6.07, 6.45) is 2.51. The van der Waals surface area contributed by atoms with E-state index in [0.717, 1.165) is 10.6 Å². The number of anilines is 1. The Labute approximate surface area is 90.2 Å². The van der Waals surface area contributed by atoms with Gasteiger partial charge in [0.15, 0.2) is 17.2 Å². The first-order valence-corrected chi connectivity index (χ1v) is 5.12. The number of thiazole rings is 1. The fraction of sp³-hybridized carbons (Fsp3) is 0.222. The molecule has 2 aromatic heterocycles. The third kappa shape index (κ3) is 2.04. The lowest BCUT2D eigenvalue weighted by molar-refractivity contribution is 0.102. The summed E-state index contributed by atoms with van der Waals surface area (Å²) in [7, 11) is 0. The maximum atomic E-state index is 11.5. The van der Waals surface area contributed by atoms with Gasteiger partial charge in [-0.15, -0.1) is 11.3 Å². The molecule has 0 aliphatic heterocycles. The molecule has 6 heteroatoms. The quantitative estimate of drug-likeness (QED) is 0.845. The van der Waals surface area contributed by atoms with Crippen molar-refractivity contribution in [3.05, 3.63) is 28.9 Å². The molecule has 2 rings (SSSR count). The molecule has 0 spiro atoms. The zero-order chi connectivity index (χ0) is 10.8. The first-order chi connectivity index (χ1) is 7.16. The lowest BCUT2D eigenvalue weighted by Gasteiger charge is -1.95. The Morgan fingerprint density at radius 1 is 1.53 bits per heavy atom. The molecule has 0 aliphatic carbocycles. The maximum absolute atomic E-state index is 11.5. The van der Waals surface area contributed by atoms with Gasteiger partial charge in [-0.25, -0.2) is 9.97 Å². The van der Waals surface area contributed by atoms with Crippen molar-refractivity contribution in [1.82, 2.24) is 9.97 Å². The van der Waals surface area contributed by atoms with Crippen LogP contribution in [0.4, 0.5) is 5.13 Å². The van der Waals surface area contributed by atoms with E-state index in [4.69, 9.17) is 4.42 Å². The average molecular weight is 223 g/mol. The van der Waals surface area contributed by atoms with Crippen molar-refractivity contribution in [2.45, 2.75) is 13.8 Å². The summed E-state index contributed by atoms with van der Waals surface area (Å²) >= 11 is 1.44. The molecule has 0 saturated heterocycles. The van der Waals surface area contributed by atoms with E-state index in [2.05, 4.69) is 15.3 Å². The van der Waals surface area contributed by atoms with Crippen LogP contribution in [0.25, 0.3) is 0 Å². The second kappa shape index (κ2) is 3.82. The predicted molar refractivity (Wildman–Crippen MR) is 56.0 cm³/mol. The van der Waals surface area contributed by atoms with Crippen LogP contribution >= 0.6 is 11.3 Å². The molecule has 0 aliphatic rings. The molecular formula is C9H9N3O2S. The van der Waals surface area contributed by atoms with Gasteiger partial charge in [0.1, 0.15) is 6.26 Å². The minimum absolute atomic E-state index is 0.250. The van der Waals surface area contributed by atoms with Crippen LogP contribution in [0.3, 0.4) is 0 Å². The molecule has 0 fully saturated rings. The zero-order valence-corrected chi connectivity index (χ0v) is 9.09. The highest BCUT2D eigenvalue weighted by Crippen LogP contribution is 2.21. The molecule has 15 heavy (non-hydrogen) atoms. The third-order valence-corrected chi connectivity index (χ3v) is 2.90. The highest BCUT2D eigenvalue weighted by Gasteiger charge is 2.11. The number of hydrogen-bond acceptors (Lipinski definition) is 5. The lowest BCUT2D eigenvalue weighted by atomic mass is 10.4. The summed E-state index contributed by atoms with van der Waals surface area (Å²) in [5.41, 5.74) is 1.18. The van der Waals surface area contributed by atoms with Gasteiger partial charge < -0.3 is 4.42 Å². The molecular weight excluding hydrogens is 214 g/mol. The van der Waals surface area contributed by atoms with Gasteiger partial charge in [-0.1, -0.05) is 0 Å². The Bertz CT molecular complexity index is 456. The van der Waals surface area contributed by atoms with Crippen LogP contribution in [0, 0.1) is 13.8 Å². The monoisotopic (exact) mass is 223 g/mol. The van der Waals surface area contributed by atoms with Crippen LogP contribution in [0.15, 0.2) is 17.1 Å². The van der Waals surface area contributed by atoms with Gasteiger partial charge in [0, 0.05) is 4.88 Å². The number of aromatic nitrogens is 2. The van der Waals surface area contributed by atoms with Crippen LogP contribution in [0.1, 0.15) is 21.1 Å². The summed E-state index contributed by atoms with van der Waals surface area (Å²) in [5, 5.41) is 3.23. The Morgan fingerprint density at radius 2 is 2.33 bits per heavy atom. The van der Waals surface area contributed by atoms with Crippen molar-refractivity contribution in [2.24, 2.45) is 0 Å². The van der Waals surface area contributed by atoms with Crippen molar-refractivity contribution >= 4 is 22.4 Å². The molecule has 0 atom stereocenters. The summed E-state index contributed by atoms with van der Waals surface area (Å²) in [5.74, 6) is -0.308. The van der Waals surface area contributed by atoms with Crippen molar-refractivity contribution in [2.75, 3.05) is 5.32 Å². The van der Waals surface area contributed by atoms with E-state index < -0.39 is 0 Å². The molecule has 2 heterocycles. The lowest BCUT2D eigenvalue weighted by Crippen LogP contribution is -2.11. The van der Waals surface area contributed by atoms with Crippen LogP contribution in [0.2, 0.25) is 0 Å². The van der Waals surface area contributed by atoms with Crippen LogP contribution in [0.5, 0.6) is 0 Å². The van der Waals surface area contributed by atoms with Crippen LogP contribution < -0.4 is 5.32 Å². The van der Waals surface area contributed by atoms with Gasteiger partial charge in [-0.3, -0.25) is 10.1 Å². The minimum Gasteiger partial charge on any atom is -0.451 e. The molecule has 0 bridgehead atoms. The van der Waals surface area contributed by atoms with E-state index in [1.807, 2.05) is 13.8 Å². The zero-order valence-electron chi connectivity index (χ0n) is 8.27. The number of aryl methyl sites for hydroxylation is 2. The fourth-order valence-electron chi connectivity index (χ4n) is 1.01. The Morgan fingerprint density at radius 3 is 2.87 bits per heavy atom. The van der Waals surface area contributed by atoms with Gasteiger partial charge in [0.2, 0.25) is 0 Å². The molecule has 0 aromatic carbocycles. The largest absolute Gasteiger partial charge is 0.451 e. The van der Waals surface area contributed by atoms with Gasteiger partial charge in [-0.05, 0) is 13.8 Å². The number of rotatable bonds is 2. The molecule has 2 aromatic rings. The molecule has 0 radical (unpaired) electrons. The molecule has 1 N–H and O–H groups in total. The fourth-order valence-corrected chi connectivity index (χ4v) is 1.82. The molecule has 5 nitrogen and oxygen atoms in total. The van der Waals surface area contributed by atoms with Crippen molar-refractivity contribution in [3.63, 3.8) is 0 Å². The number of nitrogens with one attached hydrogen (secondary N) is 1. The maximum Gasteiger partial charge on any atom is 0.279 e. The van der Waals surface area contributed by atoms with Crippen molar-refractivity contribution in [3.8, 4) is 0 Å². The Hall–Kier alpha value is -1.69. The summed E-state index contributed by atoms with van der Waals surface area (Å²) in [4.78, 5) is 20.5. The normalized spacial score (nSPS) is 10.3. The summed E-state index contributed by atoms with van der Waals surface area (Å²) < 4.78 is 4.71. The Kier molecular flexibility index (Phi) is 2.51. The van der Waals surface area contributed by atoms with E-state index in [0.29, 0.717) is 5.13 Å².